The summed E-state index contributed by atoms with van der Waals surface area (Å²) in [6.07, 6.45) is 5.83. The minimum atomic E-state index is 0.871. The summed E-state index contributed by atoms with van der Waals surface area (Å²) in [6.45, 7) is 1.10. The van der Waals surface area contributed by atoms with Gasteiger partial charge in [-0.3, -0.25) is 0 Å². The minimum absolute atomic E-state index is 0.871. The Labute approximate surface area is 123 Å². The summed E-state index contributed by atoms with van der Waals surface area (Å²) in [7, 11) is 1.70. The molecular formula is C16H20N2OS. The van der Waals surface area contributed by atoms with Crippen LogP contribution in [0.1, 0.15) is 25.7 Å². The van der Waals surface area contributed by atoms with Crippen LogP contribution < -0.4 is 10.1 Å². The summed E-state index contributed by atoms with van der Waals surface area (Å²) in [5.74, 6) is 3.77. The fourth-order valence-corrected chi connectivity index (χ4v) is 4.85. The molecule has 3 atom stereocenters. The van der Waals surface area contributed by atoms with E-state index >= 15 is 0 Å². The molecule has 0 saturated heterocycles. The third kappa shape index (κ3) is 2.16. The molecule has 1 N–H and O–H groups in total. The lowest BCUT2D eigenvalue weighted by molar-refractivity contribution is 0.348. The van der Waals surface area contributed by atoms with Crippen molar-refractivity contribution in [2.24, 2.45) is 17.8 Å². The van der Waals surface area contributed by atoms with Crippen LogP contribution in [0.2, 0.25) is 0 Å². The average molecular weight is 288 g/mol. The van der Waals surface area contributed by atoms with Crippen LogP contribution in [-0.4, -0.2) is 18.6 Å². The van der Waals surface area contributed by atoms with Gasteiger partial charge in [-0.1, -0.05) is 17.8 Å². The van der Waals surface area contributed by atoms with Crippen molar-refractivity contribution in [3.05, 3.63) is 18.2 Å². The highest BCUT2D eigenvalue weighted by atomic mass is 32.1. The van der Waals surface area contributed by atoms with E-state index in [0.29, 0.717) is 0 Å². The van der Waals surface area contributed by atoms with Crippen LogP contribution in [0.4, 0.5) is 5.13 Å². The lowest BCUT2D eigenvalue weighted by Crippen LogP contribution is -2.19. The zero-order valence-electron chi connectivity index (χ0n) is 11.8. The molecular weight excluding hydrogens is 268 g/mol. The average Bonchev–Trinajstić information content (AvgIpc) is 3.18. The Bertz CT molecular complexity index is 624. The number of rotatable bonds is 4. The number of ether oxygens (including phenoxy) is 1. The first-order chi connectivity index (χ1) is 9.81. The van der Waals surface area contributed by atoms with E-state index in [1.165, 1.54) is 30.4 Å². The van der Waals surface area contributed by atoms with Gasteiger partial charge in [-0.25, -0.2) is 4.98 Å². The predicted molar refractivity (Wildman–Crippen MR) is 83.6 cm³/mol. The zero-order chi connectivity index (χ0) is 13.5. The van der Waals surface area contributed by atoms with E-state index in [9.17, 15) is 0 Å². The molecule has 3 unspecified atom stereocenters. The Morgan fingerprint density at radius 2 is 2.30 bits per heavy atom. The van der Waals surface area contributed by atoms with Crippen LogP contribution in [0.15, 0.2) is 18.2 Å². The van der Waals surface area contributed by atoms with E-state index in [2.05, 4.69) is 16.4 Å². The second kappa shape index (κ2) is 4.92. The fraction of sp³-hybridized carbons (Fsp3) is 0.562. The molecule has 2 aromatic rings. The van der Waals surface area contributed by atoms with Crippen molar-refractivity contribution in [2.45, 2.75) is 25.7 Å². The van der Waals surface area contributed by atoms with E-state index in [1.54, 1.807) is 18.4 Å². The first-order valence-corrected chi connectivity index (χ1v) is 8.32. The highest BCUT2D eigenvalue weighted by Gasteiger charge is 2.39. The quantitative estimate of drug-likeness (QED) is 0.917. The largest absolute Gasteiger partial charge is 0.497 e. The molecule has 4 heteroatoms. The van der Waals surface area contributed by atoms with Crippen molar-refractivity contribution in [3.8, 4) is 5.75 Å². The van der Waals surface area contributed by atoms with E-state index < -0.39 is 0 Å². The number of benzene rings is 1. The molecule has 2 aliphatic rings. The number of anilines is 1. The van der Waals surface area contributed by atoms with Crippen LogP contribution in [-0.2, 0) is 0 Å². The van der Waals surface area contributed by atoms with Crippen molar-refractivity contribution in [3.63, 3.8) is 0 Å². The third-order valence-corrected chi connectivity index (χ3v) is 5.97. The molecule has 1 aromatic heterocycles. The number of hydrogen-bond acceptors (Lipinski definition) is 4. The van der Waals surface area contributed by atoms with Gasteiger partial charge in [0.25, 0.3) is 0 Å². The predicted octanol–water partition coefficient (Wildman–Crippen LogP) is 4.15. The van der Waals surface area contributed by atoms with Gasteiger partial charge in [0.05, 0.1) is 17.3 Å². The molecule has 1 heterocycles. The minimum Gasteiger partial charge on any atom is -0.497 e. The van der Waals surface area contributed by atoms with Gasteiger partial charge in [-0.2, -0.15) is 0 Å². The van der Waals surface area contributed by atoms with Gasteiger partial charge in [-0.05, 0) is 55.2 Å². The molecule has 2 bridgehead atoms. The number of methoxy groups -OCH3 is 1. The summed E-state index contributed by atoms with van der Waals surface area (Å²) in [4.78, 5) is 4.66. The van der Waals surface area contributed by atoms with Gasteiger partial charge in [0, 0.05) is 6.54 Å². The van der Waals surface area contributed by atoms with Crippen molar-refractivity contribution in [1.82, 2.24) is 4.98 Å². The molecule has 20 heavy (non-hydrogen) atoms. The van der Waals surface area contributed by atoms with E-state index in [1.807, 2.05) is 12.1 Å². The Kier molecular flexibility index (Phi) is 3.06. The first-order valence-electron chi connectivity index (χ1n) is 7.50. The maximum atomic E-state index is 5.26. The fourth-order valence-electron chi connectivity index (χ4n) is 3.95. The summed E-state index contributed by atoms with van der Waals surface area (Å²) >= 11 is 1.73. The number of nitrogens with zero attached hydrogens (tertiary/aromatic N) is 1. The summed E-state index contributed by atoms with van der Waals surface area (Å²) in [5, 5.41) is 4.62. The molecule has 0 radical (unpaired) electrons. The highest BCUT2D eigenvalue weighted by molar-refractivity contribution is 7.22. The van der Waals surface area contributed by atoms with Crippen molar-refractivity contribution >= 4 is 26.7 Å². The topological polar surface area (TPSA) is 34.1 Å². The smallest absolute Gasteiger partial charge is 0.183 e. The summed E-state index contributed by atoms with van der Waals surface area (Å²) in [6, 6.07) is 6.07. The Hall–Kier alpha value is -1.29. The molecule has 3 nitrogen and oxygen atoms in total. The van der Waals surface area contributed by atoms with Crippen molar-refractivity contribution in [2.75, 3.05) is 19.0 Å². The van der Waals surface area contributed by atoms with Crippen molar-refractivity contribution < 1.29 is 4.74 Å². The molecule has 1 aromatic carbocycles. The standard InChI is InChI=1S/C16H20N2OS/c1-19-13-4-5-14-15(8-13)20-16(18-14)17-9-12-7-10-2-3-11(12)6-10/h4-5,8,10-12H,2-3,6-7,9H2,1H3,(H,17,18). The summed E-state index contributed by atoms with van der Waals surface area (Å²) in [5.41, 5.74) is 1.06. The number of thiazole rings is 1. The van der Waals surface area contributed by atoms with Crippen molar-refractivity contribution in [1.29, 1.82) is 0 Å². The van der Waals surface area contributed by atoms with E-state index in [0.717, 1.165) is 40.7 Å². The molecule has 2 aliphatic carbocycles. The van der Waals surface area contributed by atoms with E-state index in [4.69, 9.17) is 4.74 Å². The molecule has 2 fully saturated rings. The Morgan fingerprint density at radius 3 is 3.05 bits per heavy atom. The lowest BCUT2D eigenvalue weighted by atomic mass is 9.89. The number of fused-ring (bicyclic) bond motifs is 3. The monoisotopic (exact) mass is 288 g/mol. The maximum Gasteiger partial charge on any atom is 0.183 e. The Morgan fingerprint density at radius 1 is 1.35 bits per heavy atom. The molecule has 2 saturated carbocycles. The van der Waals surface area contributed by atoms with Crippen LogP contribution in [0.25, 0.3) is 10.2 Å². The first kappa shape index (κ1) is 12.5. The molecule has 0 spiro atoms. The number of hydrogen-bond donors (Lipinski definition) is 1. The molecule has 0 aliphatic heterocycles. The highest BCUT2D eigenvalue weighted by Crippen LogP contribution is 2.48. The summed E-state index contributed by atoms with van der Waals surface area (Å²) < 4.78 is 6.46. The van der Waals surface area contributed by atoms with Gasteiger partial charge >= 0.3 is 0 Å². The second-order valence-corrected chi connectivity index (χ2v) is 7.20. The second-order valence-electron chi connectivity index (χ2n) is 6.17. The maximum absolute atomic E-state index is 5.26. The number of aromatic nitrogens is 1. The molecule has 106 valence electrons. The van der Waals surface area contributed by atoms with E-state index in [-0.39, 0.29) is 0 Å². The molecule has 4 rings (SSSR count). The lowest BCUT2D eigenvalue weighted by Gasteiger charge is -2.21. The van der Waals surface area contributed by atoms with Gasteiger partial charge in [-0.15, -0.1) is 0 Å². The van der Waals surface area contributed by atoms with Crippen LogP contribution in [0.3, 0.4) is 0 Å². The normalized spacial score (nSPS) is 28.1. The van der Waals surface area contributed by atoms with Crippen LogP contribution in [0.5, 0.6) is 5.75 Å². The van der Waals surface area contributed by atoms with Crippen LogP contribution >= 0.6 is 11.3 Å². The van der Waals surface area contributed by atoms with Gasteiger partial charge in [0.1, 0.15) is 5.75 Å². The van der Waals surface area contributed by atoms with Gasteiger partial charge in [0.2, 0.25) is 0 Å². The number of nitrogens with one attached hydrogen (secondary N) is 1. The SMILES string of the molecule is COc1ccc2nc(NCC3CC4CCC3C4)sc2c1. The van der Waals surface area contributed by atoms with Crippen LogP contribution in [0, 0.1) is 17.8 Å². The zero-order valence-corrected chi connectivity index (χ0v) is 12.6. The van der Waals surface area contributed by atoms with Gasteiger partial charge < -0.3 is 10.1 Å². The molecule has 0 amide bonds. The van der Waals surface area contributed by atoms with Gasteiger partial charge in [0.15, 0.2) is 5.13 Å². The third-order valence-electron chi connectivity index (χ3n) is 5.00. The Balaban J connectivity index is 1.46.